The summed E-state index contributed by atoms with van der Waals surface area (Å²) >= 11 is 0.192. The molecule has 0 unspecified atom stereocenters. The smallest absolute Gasteiger partial charge is 0.0819 e. The molecule has 0 radical (unpaired) electrons. The van der Waals surface area contributed by atoms with Gasteiger partial charge in [-0.2, -0.15) is 3.89 Å². The van der Waals surface area contributed by atoms with Gasteiger partial charge in [0, 0.05) is 11.3 Å². The number of rotatable bonds is 6. The molecule has 1 rings (SSSR count). The van der Waals surface area contributed by atoms with Crippen LogP contribution in [0.2, 0.25) is 0 Å². The summed E-state index contributed by atoms with van der Waals surface area (Å²) in [6.07, 6.45) is 10.2. The highest BCUT2D eigenvalue weighted by molar-refractivity contribution is 7.94. The number of hydrogen-bond acceptors (Lipinski definition) is 2. The van der Waals surface area contributed by atoms with Crippen molar-refractivity contribution in [3.63, 3.8) is 0 Å². The van der Waals surface area contributed by atoms with Crippen LogP contribution in [0.1, 0.15) is 45.2 Å². The first-order valence-corrected chi connectivity index (χ1v) is 8.65. The Morgan fingerprint density at radius 2 is 1.79 bits per heavy atom. The molecule has 24 heavy (non-hydrogen) atoms. The van der Waals surface area contributed by atoms with Crippen LogP contribution in [0.25, 0.3) is 11.3 Å². The Morgan fingerprint density at radius 3 is 2.25 bits per heavy atom. The molecule has 0 saturated carbocycles. The minimum Gasteiger partial charge on any atom is -0.398 e. The van der Waals surface area contributed by atoms with Crippen LogP contribution in [-0.2, 0) is 0 Å². The van der Waals surface area contributed by atoms with E-state index in [1.165, 1.54) is 6.42 Å². The minimum absolute atomic E-state index is 0.192. The van der Waals surface area contributed by atoms with Gasteiger partial charge in [-0.1, -0.05) is 69.4 Å². The summed E-state index contributed by atoms with van der Waals surface area (Å²) < 4.78 is 13.1. The molecule has 0 fully saturated rings. The van der Waals surface area contributed by atoms with Gasteiger partial charge in [-0.3, -0.25) is 0 Å². The summed E-state index contributed by atoms with van der Waals surface area (Å²) in [4.78, 5) is 0.497. The van der Waals surface area contributed by atoms with Crippen LogP contribution >= 0.6 is 12.1 Å². The van der Waals surface area contributed by atoms with Crippen molar-refractivity contribution < 1.29 is 3.89 Å². The molecule has 0 aliphatic rings. The fourth-order valence-electron chi connectivity index (χ4n) is 1.76. The lowest BCUT2D eigenvalue weighted by Gasteiger charge is -2.10. The highest BCUT2D eigenvalue weighted by Gasteiger charge is 2.08. The molecule has 130 valence electrons. The van der Waals surface area contributed by atoms with Crippen molar-refractivity contribution in [3.8, 4) is 0 Å². The molecule has 0 aromatic heterocycles. The number of nitrogens with two attached hydrogens (primary N) is 1. The monoisotopic (exact) mass is 345 g/mol. The fourth-order valence-corrected chi connectivity index (χ4v) is 2.14. The first-order chi connectivity index (χ1) is 11.4. The number of halogens is 1. The van der Waals surface area contributed by atoms with Gasteiger partial charge >= 0.3 is 0 Å². The molecule has 0 heterocycles. The van der Waals surface area contributed by atoms with Gasteiger partial charge in [0.25, 0.3) is 0 Å². The Bertz CT molecular complexity index is 635. The van der Waals surface area contributed by atoms with Crippen LogP contribution in [0.15, 0.2) is 72.2 Å². The van der Waals surface area contributed by atoms with Crippen molar-refractivity contribution in [3.05, 3.63) is 78.4 Å². The highest BCUT2D eigenvalue weighted by atomic mass is 32.2. The third kappa shape index (κ3) is 7.51. The summed E-state index contributed by atoms with van der Waals surface area (Å²) in [6.45, 7) is 15.7. The highest BCUT2D eigenvalue weighted by Crippen LogP contribution is 2.30. The maximum Gasteiger partial charge on any atom is 0.0819 e. The molecule has 0 bridgehead atoms. The van der Waals surface area contributed by atoms with Gasteiger partial charge in [0.1, 0.15) is 0 Å². The van der Waals surface area contributed by atoms with Gasteiger partial charge in [0.2, 0.25) is 0 Å². The zero-order valence-corrected chi connectivity index (χ0v) is 15.9. The van der Waals surface area contributed by atoms with E-state index in [0.29, 0.717) is 16.2 Å². The van der Waals surface area contributed by atoms with Crippen molar-refractivity contribution in [1.82, 2.24) is 0 Å². The molecule has 0 amide bonds. The minimum atomic E-state index is 0.192. The van der Waals surface area contributed by atoms with Crippen LogP contribution in [-0.4, -0.2) is 0 Å². The Hall–Kier alpha value is -2.00. The Kier molecular flexibility index (Phi) is 11.4. The Balaban J connectivity index is 0.00000163. The average Bonchev–Trinajstić information content (AvgIpc) is 2.57. The predicted octanol–water partition coefficient (Wildman–Crippen LogP) is 7.10. The molecule has 0 spiro atoms. The van der Waals surface area contributed by atoms with Crippen LogP contribution in [0.3, 0.4) is 0 Å². The lowest BCUT2D eigenvalue weighted by Crippen LogP contribution is -1.99. The number of hydrogen-bond donors (Lipinski definition) is 1. The van der Waals surface area contributed by atoms with E-state index in [9.17, 15) is 3.89 Å². The maximum absolute atomic E-state index is 13.1. The van der Waals surface area contributed by atoms with E-state index in [1.807, 2.05) is 38.1 Å². The molecule has 2 N–H and O–H groups in total. The molecule has 0 aliphatic carbocycles. The number of benzene rings is 1. The largest absolute Gasteiger partial charge is 0.398 e. The number of allylic oxidation sites excluding steroid dienone is 7. The molecule has 1 nitrogen and oxygen atoms in total. The van der Waals surface area contributed by atoms with Gasteiger partial charge in [-0.15, -0.1) is 0 Å². The molecule has 1 aromatic carbocycles. The third-order valence-corrected chi connectivity index (χ3v) is 3.34. The predicted molar refractivity (Wildman–Crippen MR) is 109 cm³/mol. The van der Waals surface area contributed by atoms with Gasteiger partial charge in [-0.25, -0.2) is 0 Å². The zero-order valence-electron chi connectivity index (χ0n) is 15.1. The van der Waals surface area contributed by atoms with E-state index in [1.54, 1.807) is 24.3 Å². The molecule has 3 heteroatoms. The second-order valence-electron chi connectivity index (χ2n) is 5.42. The standard InChI is InChI=1S/C18H20FNS.C3H8/c1-5-7-14(6-2)15-9-11-18(21-19)16(12-15)17(20)10-8-13(3)4;1-3-2/h5-12H,1-2,20H2,3-4H3;3H2,1-2H3/b14-7+,17-10-;. The van der Waals surface area contributed by atoms with Crippen molar-refractivity contribution >= 4 is 23.4 Å². The summed E-state index contributed by atoms with van der Waals surface area (Å²) in [5.74, 6) is 0. The molecular weight excluding hydrogens is 317 g/mol. The lowest BCUT2D eigenvalue weighted by atomic mass is 10.0. The lowest BCUT2D eigenvalue weighted by molar-refractivity contribution is 0.933. The molecule has 0 aliphatic heterocycles. The van der Waals surface area contributed by atoms with Crippen LogP contribution in [0.4, 0.5) is 3.89 Å². The second kappa shape index (κ2) is 12.4. The summed E-state index contributed by atoms with van der Waals surface area (Å²) in [5.41, 5.74) is 10.2. The van der Waals surface area contributed by atoms with Crippen LogP contribution < -0.4 is 5.73 Å². The van der Waals surface area contributed by atoms with Gasteiger partial charge in [0.15, 0.2) is 0 Å². The summed E-state index contributed by atoms with van der Waals surface area (Å²) in [5, 5.41) is 0. The first-order valence-electron chi connectivity index (χ1n) is 7.94. The zero-order chi connectivity index (χ0) is 18.5. The van der Waals surface area contributed by atoms with E-state index >= 15 is 0 Å². The Morgan fingerprint density at radius 1 is 1.17 bits per heavy atom. The molecular formula is C21H28FNS. The molecule has 0 atom stereocenters. The van der Waals surface area contributed by atoms with Crippen molar-refractivity contribution in [2.24, 2.45) is 5.73 Å². The van der Waals surface area contributed by atoms with Gasteiger partial charge in [0.05, 0.1) is 17.0 Å². The Labute approximate surface area is 150 Å². The van der Waals surface area contributed by atoms with Crippen LogP contribution in [0, 0.1) is 0 Å². The van der Waals surface area contributed by atoms with E-state index in [0.717, 1.165) is 16.7 Å². The van der Waals surface area contributed by atoms with Gasteiger partial charge < -0.3 is 5.73 Å². The van der Waals surface area contributed by atoms with E-state index in [2.05, 4.69) is 27.0 Å². The van der Waals surface area contributed by atoms with E-state index in [4.69, 9.17) is 5.73 Å². The van der Waals surface area contributed by atoms with Crippen LogP contribution in [0.5, 0.6) is 0 Å². The van der Waals surface area contributed by atoms with Gasteiger partial charge in [-0.05, 0) is 43.2 Å². The maximum atomic E-state index is 13.1. The fraction of sp³-hybridized carbons (Fsp3) is 0.238. The summed E-state index contributed by atoms with van der Waals surface area (Å²) in [6, 6.07) is 5.43. The van der Waals surface area contributed by atoms with Crippen molar-refractivity contribution in [2.75, 3.05) is 0 Å². The third-order valence-electron chi connectivity index (χ3n) is 2.82. The SMILES string of the molecule is C=C/C=C(\C=C)c1ccc(SF)c(/C(N)=C/C=C(C)C)c1.CCC. The normalized spacial score (nSPS) is 11.2. The topological polar surface area (TPSA) is 26.0 Å². The summed E-state index contributed by atoms with van der Waals surface area (Å²) in [7, 11) is 0. The van der Waals surface area contributed by atoms with Crippen molar-refractivity contribution in [2.45, 2.75) is 39.0 Å². The van der Waals surface area contributed by atoms with E-state index in [-0.39, 0.29) is 12.1 Å². The molecule has 1 aromatic rings. The average molecular weight is 346 g/mol. The molecule has 0 saturated heterocycles. The van der Waals surface area contributed by atoms with E-state index < -0.39 is 0 Å². The second-order valence-corrected chi connectivity index (χ2v) is 6.02. The first kappa shape index (κ1) is 22.0. The quantitative estimate of drug-likeness (QED) is 0.556. The van der Waals surface area contributed by atoms with Crippen molar-refractivity contribution in [1.29, 1.82) is 0 Å².